The molecule has 0 bridgehead atoms. The van der Waals surface area contributed by atoms with Crippen LogP contribution < -0.4 is 5.01 Å². The number of benzene rings is 1. The molecule has 0 spiro atoms. The third-order valence-corrected chi connectivity index (χ3v) is 3.46. The number of hydrogen-bond donors (Lipinski definition) is 1. The first-order valence-corrected chi connectivity index (χ1v) is 6.65. The van der Waals surface area contributed by atoms with E-state index >= 15 is 0 Å². The van der Waals surface area contributed by atoms with E-state index in [0.717, 1.165) is 4.47 Å². The lowest BCUT2D eigenvalue weighted by atomic mass is 9.98. The highest BCUT2D eigenvalue weighted by molar-refractivity contribution is 9.10. The lowest BCUT2D eigenvalue weighted by Crippen LogP contribution is -2.27. The van der Waals surface area contributed by atoms with Crippen molar-refractivity contribution in [2.45, 2.75) is 19.8 Å². The minimum absolute atomic E-state index is 0.0322. The summed E-state index contributed by atoms with van der Waals surface area (Å²) in [5.41, 5.74) is 1.34. The van der Waals surface area contributed by atoms with Gasteiger partial charge in [0.05, 0.1) is 11.6 Å². The van der Waals surface area contributed by atoms with E-state index in [-0.39, 0.29) is 18.7 Å². The number of carboxylic acids is 1. The van der Waals surface area contributed by atoms with Gasteiger partial charge in [0.25, 0.3) is 5.91 Å². The van der Waals surface area contributed by atoms with Gasteiger partial charge in [0.1, 0.15) is 0 Å². The van der Waals surface area contributed by atoms with Gasteiger partial charge in [-0.05, 0) is 31.5 Å². The first-order valence-electron chi connectivity index (χ1n) is 5.85. The zero-order chi connectivity index (χ0) is 14.0. The van der Waals surface area contributed by atoms with E-state index in [9.17, 15) is 9.59 Å². The number of carboxylic acid groups (broad SMARTS) is 1. The van der Waals surface area contributed by atoms with Crippen LogP contribution in [0.1, 0.15) is 19.8 Å². The standard InChI is InChI=1S/C13H13BrN2O3/c1-8-11(5-6-12(17)18)13(19)16(15-8)10-4-2-3-9(14)7-10/h2-4,7,11H,5-6H2,1H3,(H,17,18). The summed E-state index contributed by atoms with van der Waals surface area (Å²) >= 11 is 3.35. The van der Waals surface area contributed by atoms with Gasteiger partial charge in [0.15, 0.2) is 0 Å². The van der Waals surface area contributed by atoms with Gasteiger partial charge in [-0.2, -0.15) is 5.10 Å². The summed E-state index contributed by atoms with van der Waals surface area (Å²) in [7, 11) is 0. The van der Waals surface area contributed by atoms with Crippen molar-refractivity contribution in [3.8, 4) is 0 Å². The Balaban J connectivity index is 2.18. The molecule has 0 aromatic heterocycles. The maximum atomic E-state index is 12.2. The average molecular weight is 325 g/mol. The number of carbonyl (C=O) groups excluding carboxylic acids is 1. The summed E-state index contributed by atoms with van der Waals surface area (Å²) in [6.07, 6.45) is 0.254. The fourth-order valence-electron chi connectivity index (χ4n) is 2.00. The number of rotatable bonds is 4. The molecule has 0 fully saturated rings. The van der Waals surface area contributed by atoms with Crippen LogP contribution >= 0.6 is 15.9 Å². The minimum Gasteiger partial charge on any atom is -0.481 e. The Bertz CT molecular complexity index is 557. The van der Waals surface area contributed by atoms with Crippen LogP contribution in [0.25, 0.3) is 0 Å². The fourth-order valence-corrected chi connectivity index (χ4v) is 2.38. The van der Waals surface area contributed by atoms with Crippen LogP contribution in [0.3, 0.4) is 0 Å². The van der Waals surface area contributed by atoms with Gasteiger partial charge in [-0.3, -0.25) is 9.59 Å². The second-order valence-corrected chi connectivity index (χ2v) is 5.27. The molecular weight excluding hydrogens is 312 g/mol. The molecule has 0 saturated heterocycles. The molecule has 1 unspecified atom stereocenters. The molecular formula is C13H13BrN2O3. The van der Waals surface area contributed by atoms with E-state index in [1.165, 1.54) is 5.01 Å². The molecule has 1 atom stereocenters. The van der Waals surface area contributed by atoms with Crippen LogP contribution in [0.4, 0.5) is 5.69 Å². The van der Waals surface area contributed by atoms with Gasteiger partial charge in [-0.15, -0.1) is 0 Å². The number of carbonyl (C=O) groups is 2. The Morgan fingerprint density at radius 1 is 1.53 bits per heavy atom. The molecule has 2 rings (SSSR count). The fraction of sp³-hybridized carbons (Fsp3) is 0.308. The molecule has 0 saturated carbocycles. The van der Waals surface area contributed by atoms with Crippen LogP contribution in [0.5, 0.6) is 0 Å². The molecule has 0 radical (unpaired) electrons. The summed E-state index contributed by atoms with van der Waals surface area (Å²) in [4.78, 5) is 22.8. The van der Waals surface area contributed by atoms with E-state index in [1.807, 2.05) is 12.1 Å². The zero-order valence-corrected chi connectivity index (χ0v) is 11.9. The normalized spacial score (nSPS) is 18.6. The van der Waals surface area contributed by atoms with Crippen LogP contribution in [0.2, 0.25) is 0 Å². The average Bonchev–Trinajstić information content (AvgIpc) is 2.62. The SMILES string of the molecule is CC1=NN(c2cccc(Br)c2)C(=O)C1CCC(=O)O. The predicted octanol–water partition coefficient (Wildman–Crippen LogP) is 2.65. The molecule has 1 aromatic rings. The van der Waals surface area contributed by atoms with Crippen molar-refractivity contribution in [2.75, 3.05) is 5.01 Å². The van der Waals surface area contributed by atoms with E-state index < -0.39 is 11.9 Å². The van der Waals surface area contributed by atoms with Crippen LogP contribution in [-0.4, -0.2) is 22.7 Å². The zero-order valence-electron chi connectivity index (χ0n) is 10.3. The number of aliphatic carboxylic acids is 1. The first kappa shape index (κ1) is 13.7. The molecule has 19 heavy (non-hydrogen) atoms. The quantitative estimate of drug-likeness (QED) is 0.925. The van der Waals surface area contributed by atoms with Crippen LogP contribution in [0.15, 0.2) is 33.8 Å². The van der Waals surface area contributed by atoms with Gasteiger partial charge >= 0.3 is 5.97 Å². The monoisotopic (exact) mass is 324 g/mol. The maximum absolute atomic E-state index is 12.2. The second-order valence-electron chi connectivity index (χ2n) is 4.36. The highest BCUT2D eigenvalue weighted by Gasteiger charge is 2.34. The van der Waals surface area contributed by atoms with Crippen LogP contribution in [0, 0.1) is 5.92 Å². The third-order valence-electron chi connectivity index (χ3n) is 2.97. The molecule has 100 valence electrons. The van der Waals surface area contributed by atoms with E-state index in [1.54, 1.807) is 19.1 Å². The summed E-state index contributed by atoms with van der Waals surface area (Å²) in [6, 6.07) is 7.28. The van der Waals surface area contributed by atoms with Crippen molar-refractivity contribution in [1.29, 1.82) is 0 Å². The maximum Gasteiger partial charge on any atom is 0.303 e. The summed E-state index contributed by atoms with van der Waals surface area (Å²) < 4.78 is 0.861. The Labute approximate surface area is 119 Å². The van der Waals surface area contributed by atoms with Gasteiger partial charge in [-0.1, -0.05) is 22.0 Å². The Morgan fingerprint density at radius 2 is 2.26 bits per heavy atom. The molecule has 1 aliphatic rings. The summed E-state index contributed by atoms with van der Waals surface area (Å²) in [6.45, 7) is 1.75. The molecule has 1 aromatic carbocycles. The van der Waals surface area contributed by atoms with E-state index in [0.29, 0.717) is 11.4 Å². The minimum atomic E-state index is -0.901. The van der Waals surface area contributed by atoms with Crippen molar-refractivity contribution in [3.63, 3.8) is 0 Å². The van der Waals surface area contributed by atoms with E-state index in [4.69, 9.17) is 5.11 Å². The molecule has 0 aliphatic carbocycles. The van der Waals surface area contributed by atoms with Gasteiger partial charge in [0.2, 0.25) is 0 Å². The Kier molecular flexibility index (Phi) is 3.99. The lowest BCUT2D eigenvalue weighted by molar-refractivity contribution is -0.137. The number of nitrogens with zero attached hydrogens (tertiary/aromatic N) is 2. The first-order chi connectivity index (χ1) is 8.99. The summed E-state index contributed by atoms with van der Waals surface area (Å²) in [5, 5.41) is 14.3. The second kappa shape index (κ2) is 5.52. The van der Waals surface area contributed by atoms with Crippen molar-refractivity contribution in [2.24, 2.45) is 11.0 Å². The summed E-state index contributed by atoms with van der Waals surface area (Å²) in [5.74, 6) is -1.51. The highest BCUT2D eigenvalue weighted by atomic mass is 79.9. The number of anilines is 1. The molecule has 1 heterocycles. The van der Waals surface area contributed by atoms with E-state index in [2.05, 4.69) is 21.0 Å². The smallest absolute Gasteiger partial charge is 0.303 e. The van der Waals surface area contributed by atoms with Crippen molar-refractivity contribution >= 4 is 39.2 Å². The molecule has 1 aliphatic heterocycles. The highest BCUT2D eigenvalue weighted by Crippen LogP contribution is 2.28. The molecule has 5 nitrogen and oxygen atoms in total. The largest absolute Gasteiger partial charge is 0.481 e. The predicted molar refractivity (Wildman–Crippen MR) is 75.1 cm³/mol. The van der Waals surface area contributed by atoms with Gasteiger partial charge < -0.3 is 5.11 Å². The van der Waals surface area contributed by atoms with Crippen molar-refractivity contribution < 1.29 is 14.7 Å². The molecule has 1 N–H and O–H groups in total. The number of hydrazone groups is 1. The number of hydrogen-bond acceptors (Lipinski definition) is 3. The number of amides is 1. The molecule has 6 heteroatoms. The number of halogens is 1. The van der Waals surface area contributed by atoms with Gasteiger partial charge in [0, 0.05) is 16.6 Å². The third kappa shape index (κ3) is 3.01. The van der Waals surface area contributed by atoms with Crippen LogP contribution in [-0.2, 0) is 9.59 Å². The Hall–Kier alpha value is -1.69. The Morgan fingerprint density at radius 3 is 2.89 bits per heavy atom. The topological polar surface area (TPSA) is 70.0 Å². The molecule has 1 amide bonds. The lowest BCUT2D eigenvalue weighted by Gasteiger charge is -2.14. The van der Waals surface area contributed by atoms with Crippen molar-refractivity contribution in [3.05, 3.63) is 28.7 Å². The van der Waals surface area contributed by atoms with Crippen molar-refractivity contribution in [1.82, 2.24) is 0 Å². The van der Waals surface area contributed by atoms with Gasteiger partial charge in [-0.25, -0.2) is 5.01 Å².